The Hall–Kier alpha value is -10.2. The van der Waals surface area contributed by atoms with Crippen LogP contribution in [0.2, 0.25) is 5.02 Å². The maximum atomic E-state index is 7.09. The van der Waals surface area contributed by atoms with Crippen molar-refractivity contribution in [1.82, 2.24) is 0 Å². The number of rotatable bonds is 12. The molecule has 0 aliphatic carbocycles. The molecule has 0 saturated heterocycles. The van der Waals surface area contributed by atoms with E-state index in [0.29, 0.717) is 16.5 Å². The summed E-state index contributed by atoms with van der Waals surface area (Å²) in [6.45, 7) is 4.30. The average molecular weight is 1080 g/mol. The highest BCUT2D eigenvalue weighted by Crippen LogP contribution is 2.46. The van der Waals surface area contributed by atoms with Gasteiger partial charge in [-0.05, 0) is 164 Å². The fourth-order valence-corrected chi connectivity index (χ4v) is 11.4. The molecular formula is C74H56BClN4O2. The molecule has 14 rings (SSSR count). The second-order valence-electron chi connectivity index (χ2n) is 20.4. The van der Waals surface area contributed by atoms with Crippen LogP contribution in [0.25, 0.3) is 0 Å². The van der Waals surface area contributed by atoms with Crippen molar-refractivity contribution in [1.29, 1.82) is 0 Å². The molecule has 82 heavy (non-hydrogen) atoms. The Kier molecular flexibility index (Phi) is 14.3. The lowest BCUT2D eigenvalue weighted by atomic mass is 9.34. The zero-order chi connectivity index (χ0) is 55.4. The fraction of sp³-hybridized carbons (Fsp3) is 0.0270. The number of ether oxygens (including phenoxy) is 2. The Bertz CT molecular complexity index is 4120. The van der Waals surface area contributed by atoms with Crippen LogP contribution in [-0.2, 0) is 0 Å². The lowest BCUT2D eigenvalue weighted by Crippen LogP contribution is -2.59. The van der Waals surface area contributed by atoms with Gasteiger partial charge in [0.1, 0.15) is 28.0 Å². The minimum Gasteiger partial charge on any atom is -0.458 e. The third-order valence-electron chi connectivity index (χ3n) is 15.0. The van der Waals surface area contributed by atoms with E-state index in [-0.39, 0.29) is 6.71 Å². The number of fused-ring (bicyclic) bond motifs is 4. The van der Waals surface area contributed by atoms with Crippen molar-refractivity contribution in [3.05, 3.63) is 319 Å². The van der Waals surface area contributed by atoms with Crippen LogP contribution >= 0.6 is 11.6 Å². The molecule has 2 aliphatic rings. The Morgan fingerprint density at radius 2 is 0.817 bits per heavy atom. The Morgan fingerprint density at radius 1 is 0.366 bits per heavy atom. The molecule has 0 saturated carbocycles. The van der Waals surface area contributed by atoms with Crippen LogP contribution in [0, 0.1) is 13.8 Å². The van der Waals surface area contributed by atoms with Gasteiger partial charge in [0.25, 0.3) is 6.71 Å². The van der Waals surface area contributed by atoms with Gasteiger partial charge >= 0.3 is 0 Å². The van der Waals surface area contributed by atoms with Crippen LogP contribution in [0.3, 0.4) is 0 Å². The molecule has 12 aromatic rings. The molecule has 0 radical (unpaired) electrons. The van der Waals surface area contributed by atoms with E-state index in [1.165, 1.54) is 33.2 Å². The topological polar surface area (TPSA) is 31.4 Å². The number of aryl methyl sites for hydroxylation is 2. The van der Waals surface area contributed by atoms with Gasteiger partial charge in [-0.15, -0.1) is 0 Å². The van der Waals surface area contributed by atoms with Crippen LogP contribution < -0.4 is 45.5 Å². The Balaban J connectivity index is 0.000000154. The van der Waals surface area contributed by atoms with Crippen molar-refractivity contribution >= 4 is 103 Å². The maximum Gasteiger partial charge on any atom is 0.256 e. The second-order valence-corrected chi connectivity index (χ2v) is 20.8. The minimum absolute atomic E-state index is 0.0831. The van der Waals surface area contributed by atoms with Crippen LogP contribution in [-0.4, -0.2) is 6.71 Å². The Morgan fingerprint density at radius 3 is 1.40 bits per heavy atom. The number of anilines is 12. The first-order valence-corrected chi connectivity index (χ1v) is 28.0. The molecule has 0 atom stereocenters. The van der Waals surface area contributed by atoms with Gasteiger partial charge in [0.15, 0.2) is 0 Å². The van der Waals surface area contributed by atoms with E-state index in [1.807, 2.05) is 91.0 Å². The van der Waals surface area contributed by atoms with E-state index < -0.39 is 0 Å². The van der Waals surface area contributed by atoms with E-state index in [9.17, 15) is 0 Å². The summed E-state index contributed by atoms with van der Waals surface area (Å²) < 4.78 is 13.2. The van der Waals surface area contributed by atoms with Crippen molar-refractivity contribution in [3.63, 3.8) is 0 Å². The highest BCUT2D eigenvalue weighted by Gasteiger charge is 2.41. The third-order valence-corrected chi connectivity index (χ3v) is 15.4. The molecule has 394 valence electrons. The number of hydrogen-bond acceptors (Lipinski definition) is 6. The molecule has 12 aromatic carbocycles. The van der Waals surface area contributed by atoms with Gasteiger partial charge in [-0.3, -0.25) is 0 Å². The van der Waals surface area contributed by atoms with Crippen molar-refractivity contribution in [2.24, 2.45) is 0 Å². The number of nitrogens with zero attached hydrogens (tertiary/aromatic N) is 4. The van der Waals surface area contributed by atoms with Crippen LogP contribution in [0.15, 0.2) is 303 Å². The largest absolute Gasteiger partial charge is 0.458 e. The van der Waals surface area contributed by atoms with Gasteiger partial charge in [-0.25, -0.2) is 0 Å². The summed E-state index contributed by atoms with van der Waals surface area (Å²) in [6, 6.07) is 105. The van der Waals surface area contributed by atoms with E-state index in [2.05, 4.69) is 246 Å². The van der Waals surface area contributed by atoms with Gasteiger partial charge in [0, 0.05) is 74.7 Å². The monoisotopic (exact) mass is 1080 g/mol. The SMILES string of the molecule is Cc1ccc(N(c2ccccc2)c2ccc3c(c2)Oc2cccc4c2B3c2ccccc2N4c2ccccc2)cc1.Cc1ccc(N(c2ccccc2)c2cccc(Oc3cccc(N(c4ccccc4)c4ccccc4)c3Cl)c2)cc1. The smallest absolute Gasteiger partial charge is 0.256 e. The summed E-state index contributed by atoms with van der Waals surface area (Å²) >= 11 is 7.09. The van der Waals surface area contributed by atoms with Crippen molar-refractivity contribution in [2.45, 2.75) is 13.8 Å². The fourth-order valence-electron chi connectivity index (χ4n) is 11.2. The van der Waals surface area contributed by atoms with Crippen molar-refractivity contribution in [3.8, 4) is 23.0 Å². The molecule has 0 bridgehead atoms. The third kappa shape index (κ3) is 10.2. The Labute approximate surface area is 485 Å². The second kappa shape index (κ2) is 22.9. The first-order chi connectivity index (χ1) is 40.4. The molecule has 8 heteroatoms. The van der Waals surface area contributed by atoms with E-state index in [1.54, 1.807) is 0 Å². The average Bonchev–Trinajstić information content (AvgIpc) is 3.54. The molecule has 0 aromatic heterocycles. The molecule has 2 heterocycles. The molecule has 0 unspecified atom stereocenters. The minimum atomic E-state index is 0.0831. The van der Waals surface area contributed by atoms with Gasteiger partial charge in [0.2, 0.25) is 0 Å². The van der Waals surface area contributed by atoms with Crippen LogP contribution in [0.5, 0.6) is 23.0 Å². The molecule has 0 N–H and O–H groups in total. The van der Waals surface area contributed by atoms with Crippen LogP contribution in [0.1, 0.15) is 11.1 Å². The standard InChI is InChI=1S/C37H27BN2O.C37H29ClN2O/c1-26-19-21-29(22-20-26)39(27-11-4-2-5-12-27)30-23-24-32-36(25-30)41-35-18-10-17-34-37(35)38(32)31-15-8-9-16-33(31)40(34)28-13-6-3-7-14-28;1-28-23-25-32(26-24-28)39(29-13-5-2-6-14-29)33-19-11-20-34(27-33)41-36-22-12-21-35(37(36)38)40(30-15-7-3-8-16-30)31-17-9-4-10-18-31/h2-25H,1H3;2-27H,1H3. The molecule has 0 amide bonds. The van der Waals surface area contributed by atoms with Gasteiger partial charge < -0.3 is 29.1 Å². The lowest BCUT2D eigenvalue weighted by Gasteiger charge is -2.40. The summed E-state index contributed by atoms with van der Waals surface area (Å²) in [7, 11) is 0. The summed E-state index contributed by atoms with van der Waals surface area (Å²) in [5.41, 5.74) is 18.9. The van der Waals surface area contributed by atoms with E-state index >= 15 is 0 Å². The molecular weight excluding hydrogens is 1020 g/mol. The highest BCUT2D eigenvalue weighted by atomic mass is 35.5. The number of hydrogen-bond donors (Lipinski definition) is 0. The van der Waals surface area contributed by atoms with Gasteiger partial charge in [0.05, 0.1) is 5.69 Å². The molecule has 0 fully saturated rings. The highest BCUT2D eigenvalue weighted by molar-refractivity contribution is 6.99. The summed E-state index contributed by atoms with van der Waals surface area (Å²) in [6.07, 6.45) is 0. The zero-order valence-corrected chi connectivity index (χ0v) is 46.2. The predicted molar refractivity (Wildman–Crippen MR) is 344 cm³/mol. The molecule has 2 aliphatic heterocycles. The van der Waals surface area contributed by atoms with Crippen molar-refractivity contribution in [2.75, 3.05) is 19.6 Å². The quantitative estimate of drug-likeness (QED) is 0.113. The van der Waals surface area contributed by atoms with Crippen molar-refractivity contribution < 1.29 is 9.47 Å². The predicted octanol–water partition coefficient (Wildman–Crippen LogP) is 19.3. The van der Waals surface area contributed by atoms with Crippen LogP contribution in [0.4, 0.5) is 68.2 Å². The summed E-state index contributed by atoms with van der Waals surface area (Å²) in [4.78, 5) is 9.01. The number of halogens is 1. The van der Waals surface area contributed by atoms with Gasteiger partial charge in [-0.1, -0.05) is 180 Å². The number of para-hydroxylation sites is 6. The first-order valence-electron chi connectivity index (χ1n) is 27.6. The summed E-state index contributed by atoms with van der Waals surface area (Å²) in [5.74, 6) is 3.09. The lowest BCUT2D eigenvalue weighted by molar-refractivity contribution is 0.483. The zero-order valence-electron chi connectivity index (χ0n) is 45.4. The maximum absolute atomic E-state index is 7.09. The van der Waals surface area contributed by atoms with E-state index in [4.69, 9.17) is 21.1 Å². The summed E-state index contributed by atoms with van der Waals surface area (Å²) in [5, 5.41) is 0.532. The molecule has 6 nitrogen and oxygen atoms in total. The molecule has 0 spiro atoms. The normalized spacial score (nSPS) is 11.6. The number of benzene rings is 12. The van der Waals surface area contributed by atoms with E-state index in [0.717, 1.165) is 74.1 Å². The van der Waals surface area contributed by atoms with Gasteiger partial charge in [-0.2, -0.15) is 0 Å². The first kappa shape index (κ1) is 51.2.